The van der Waals surface area contributed by atoms with Crippen LogP contribution in [0.15, 0.2) is 39.0 Å². The molecular formula is C21H25BrN2O3S2. The lowest BCUT2D eigenvalue weighted by Crippen LogP contribution is -2.42. The topological polar surface area (TPSA) is 66.5 Å². The normalized spacial score (nSPS) is 18.4. The zero-order valence-corrected chi connectivity index (χ0v) is 19.4. The molecule has 1 aromatic heterocycles. The average Bonchev–Trinajstić information content (AvgIpc) is 3.17. The molecule has 0 saturated carbocycles. The van der Waals surface area contributed by atoms with Crippen LogP contribution < -0.4 is 5.32 Å². The van der Waals surface area contributed by atoms with Crippen LogP contribution in [-0.4, -0.2) is 31.7 Å². The molecule has 1 saturated heterocycles. The summed E-state index contributed by atoms with van der Waals surface area (Å²) in [5.74, 6) is -0.117. The Kier molecular flexibility index (Phi) is 6.44. The summed E-state index contributed by atoms with van der Waals surface area (Å²) in [5, 5.41) is 4.98. The van der Waals surface area contributed by atoms with Crippen molar-refractivity contribution in [3.05, 3.63) is 50.1 Å². The molecule has 1 aromatic carbocycles. The first-order valence-corrected chi connectivity index (χ1v) is 13.2. The standard InChI is InChI=1S/C21H25BrN2O3S2/c22-18-12-19(28-14-18)13-23-21(25)16-7-9-24(10-8-16)29(26,27)20-6-5-15-3-1-2-4-17(15)11-20/h5-6,11-12,14,16H,1-4,7-10,13H2,(H,23,25). The largest absolute Gasteiger partial charge is 0.351 e. The number of hydrogen-bond donors (Lipinski definition) is 1. The predicted octanol–water partition coefficient (Wildman–Crippen LogP) is 4.11. The van der Waals surface area contributed by atoms with Gasteiger partial charge in [-0.3, -0.25) is 4.79 Å². The zero-order valence-electron chi connectivity index (χ0n) is 16.2. The third kappa shape index (κ3) is 4.76. The van der Waals surface area contributed by atoms with E-state index in [-0.39, 0.29) is 11.8 Å². The lowest BCUT2D eigenvalue weighted by molar-refractivity contribution is -0.126. The van der Waals surface area contributed by atoms with Crippen LogP contribution >= 0.6 is 27.3 Å². The van der Waals surface area contributed by atoms with Gasteiger partial charge in [-0.2, -0.15) is 4.31 Å². The summed E-state index contributed by atoms with van der Waals surface area (Å²) in [6.45, 7) is 1.30. The first kappa shape index (κ1) is 21.0. The van der Waals surface area contributed by atoms with E-state index in [9.17, 15) is 13.2 Å². The van der Waals surface area contributed by atoms with E-state index < -0.39 is 10.0 Å². The van der Waals surface area contributed by atoms with Crippen molar-refractivity contribution in [2.45, 2.75) is 50.0 Å². The Bertz CT molecular complexity index is 995. The van der Waals surface area contributed by atoms with Gasteiger partial charge in [0.25, 0.3) is 0 Å². The number of nitrogens with one attached hydrogen (secondary N) is 1. The molecule has 2 heterocycles. The molecule has 1 aliphatic carbocycles. The third-order valence-corrected chi connectivity index (χ3v) is 9.43. The minimum atomic E-state index is -3.50. The van der Waals surface area contributed by atoms with E-state index in [2.05, 4.69) is 21.2 Å². The van der Waals surface area contributed by atoms with Gasteiger partial charge in [-0.25, -0.2) is 8.42 Å². The van der Waals surface area contributed by atoms with Crippen molar-refractivity contribution < 1.29 is 13.2 Å². The van der Waals surface area contributed by atoms with Crippen molar-refractivity contribution in [1.29, 1.82) is 0 Å². The number of piperidine rings is 1. The summed E-state index contributed by atoms with van der Waals surface area (Å²) in [4.78, 5) is 14.0. The highest BCUT2D eigenvalue weighted by atomic mass is 79.9. The zero-order chi connectivity index (χ0) is 20.4. The van der Waals surface area contributed by atoms with Crippen LogP contribution in [0.5, 0.6) is 0 Å². The number of aryl methyl sites for hydroxylation is 2. The summed E-state index contributed by atoms with van der Waals surface area (Å²) in [6.07, 6.45) is 5.42. The monoisotopic (exact) mass is 496 g/mol. The number of halogens is 1. The summed E-state index contributed by atoms with van der Waals surface area (Å²) in [5.41, 5.74) is 2.45. The van der Waals surface area contributed by atoms with Gasteiger partial charge >= 0.3 is 0 Å². The fourth-order valence-corrected chi connectivity index (χ4v) is 7.05. The molecule has 156 valence electrons. The number of amides is 1. The second-order valence-electron chi connectivity index (χ2n) is 7.77. The number of carbonyl (C=O) groups excluding carboxylic acids is 1. The SMILES string of the molecule is O=C(NCc1cc(Br)cs1)C1CCN(S(=O)(=O)c2ccc3c(c2)CCCC3)CC1. The second kappa shape index (κ2) is 8.88. The van der Waals surface area contributed by atoms with Gasteiger partial charge < -0.3 is 5.32 Å². The van der Waals surface area contributed by atoms with E-state index in [1.165, 1.54) is 21.9 Å². The number of nitrogens with zero attached hydrogens (tertiary/aromatic N) is 1. The van der Waals surface area contributed by atoms with Crippen molar-refractivity contribution in [1.82, 2.24) is 9.62 Å². The minimum absolute atomic E-state index is 0.0142. The second-order valence-corrected chi connectivity index (χ2v) is 11.6. The van der Waals surface area contributed by atoms with Crippen LogP contribution in [0.2, 0.25) is 0 Å². The predicted molar refractivity (Wildman–Crippen MR) is 118 cm³/mol. The Morgan fingerprint density at radius 3 is 2.55 bits per heavy atom. The molecule has 0 radical (unpaired) electrons. The van der Waals surface area contributed by atoms with Crippen LogP contribution in [0, 0.1) is 5.92 Å². The number of rotatable bonds is 5. The van der Waals surface area contributed by atoms with Gasteiger partial charge in [-0.05, 0) is 83.8 Å². The Morgan fingerprint density at radius 2 is 1.86 bits per heavy atom. The van der Waals surface area contributed by atoms with Gasteiger partial charge in [-0.15, -0.1) is 11.3 Å². The molecule has 0 spiro atoms. The molecule has 1 aliphatic heterocycles. The molecule has 8 heteroatoms. The molecule has 0 atom stereocenters. The van der Waals surface area contributed by atoms with E-state index >= 15 is 0 Å². The van der Waals surface area contributed by atoms with Crippen LogP contribution in [-0.2, 0) is 34.2 Å². The van der Waals surface area contributed by atoms with Crippen molar-refractivity contribution >= 4 is 43.2 Å². The van der Waals surface area contributed by atoms with Crippen LogP contribution in [0.1, 0.15) is 41.7 Å². The quantitative estimate of drug-likeness (QED) is 0.677. The van der Waals surface area contributed by atoms with Crippen molar-refractivity contribution in [2.24, 2.45) is 5.92 Å². The van der Waals surface area contributed by atoms with Gasteiger partial charge in [0.2, 0.25) is 15.9 Å². The van der Waals surface area contributed by atoms with Crippen molar-refractivity contribution in [3.8, 4) is 0 Å². The lowest BCUT2D eigenvalue weighted by atomic mass is 9.92. The summed E-state index contributed by atoms with van der Waals surface area (Å²) in [6, 6.07) is 7.59. The van der Waals surface area contributed by atoms with Gasteiger partial charge in [-0.1, -0.05) is 6.07 Å². The molecule has 2 aromatic rings. The molecule has 2 aliphatic rings. The molecule has 0 bridgehead atoms. The fraction of sp³-hybridized carbons (Fsp3) is 0.476. The maximum atomic E-state index is 13.1. The maximum absolute atomic E-state index is 13.1. The van der Waals surface area contributed by atoms with Crippen LogP contribution in [0.4, 0.5) is 0 Å². The summed E-state index contributed by atoms with van der Waals surface area (Å²) in [7, 11) is -3.50. The highest BCUT2D eigenvalue weighted by molar-refractivity contribution is 9.10. The summed E-state index contributed by atoms with van der Waals surface area (Å²) < 4.78 is 28.7. The number of benzene rings is 1. The van der Waals surface area contributed by atoms with Crippen LogP contribution in [0.3, 0.4) is 0 Å². The van der Waals surface area contributed by atoms with E-state index in [0.29, 0.717) is 37.4 Å². The highest BCUT2D eigenvalue weighted by Crippen LogP contribution is 2.28. The van der Waals surface area contributed by atoms with Gasteiger partial charge in [0.05, 0.1) is 11.4 Å². The van der Waals surface area contributed by atoms with Crippen molar-refractivity contribution in [2.75, 3.05) is 13.1 Å². The molecule has 5 nitrogen and oxygen atoms in total. The molecule has 1 N–H and O–H groups in total. The average molecular weight is 497 g/mol. The Labute approximate surface area is 184 Å². The number of hydrogen-bond acceptors (Lipinski definition) is 4. The van der Waals surface area contributed by atoms with E-state index in [1.54, 1.807) is 17.4 Å². The first-order valence-electron chi connectivity index (χ1n) is 10.1. The van der Waals surface area contributed by atoms with Gasteiger partial charge in [0, 0.05) is 33.7 Å². The highest BCUT2D eigenvalue weighted by Gasteiger charge is 2.32. The van der Waals surface area contributed by atoms with E-state index in [0.717, 1.165) is 28.6 Å². The molecule has 29 heavy (non-hydrogen) atoms. The van der Waals surface area contributed by atoms with Crippen molar-refractivity contribution in [3.63, 3.8) is 0 Å². The minimum Gasteiger partial charge on any atom is -0.351 e. The Hall–Kier alpha value is -1.22. The summed E-state index contributed by atoms with van der Waals surface area (Å²) >= 11 is 5.02. The molecular weight excluding hydrogens is 472 g/mol. The molecule has 1 amide bonds. The molecule has 1 fully saturated rings. The van der Waals surface area contributed by atoms with E-state index in [1.807, 2.05) is 23.6 Å². The lowest BCUT2D eigenvalue weighted by Gasteiger charge is -2.31. The maximum Gasteiger partial charge on any atom is 0.243 e. The number of carbonyl (C=O) groups is 1. The smallest absolute Gasteiger partial charge is 0.243 e. The van der Waals surface area contributed by atoms with Crippen LogP contribution in [0.25, 0.3) is 0 Å². The van der Waals surface area contributed by atoms with Gasteiger partial charge in [0.15, 0.2) is 0 Å². The number of sulfonamides is 1. The number of fused-ring (bicyclic) bond motifs is 1. The molecule has 4 rings (SSSR count). The molecule has 0 unspecified atom stereocenters. The first-order chi connectivity index (χ1) is 13.9. The van der Waals surface area contributed by atoms with Gasteiger partial charge in [0.1, 0.15) is 0 Å². The van der Waals surface area contributed by atoms with E-state index in [4.69, 9.17) is 0 Å². The Morgan fingerprint density at radius 1 is 1.14 bits per heavy atom. The third-order valence-electron chi connectivity index (χ3n) is 5.84. The Balaban J connectivity index is 1.35. The number of thiophene rings is 1. The fourth-order valence-electron chi connectivity index (χ4n) is 4.14.